The summed E-state index contributed by atoms with van der Waals surface area (Å²) in [5.74, 6) is 0.818. The largest absolute Gasteiger partial charge is 0.336 e. The number of piperazine rings is 1. The lowest BCUT2D eigenvalue weighted by Gasteiger charge is -2.32. The number of carbonyl (C=O) groups is 1. The van der Waals surface area contributed by atoms with Gasteiger partial charge in [0.1, 0.15) is 11.3 Å². The van der Waals surface area contributed by atoms with E-state index in [1.807, 2.05) is 47.4 Å². The van der Waals surface area contributed by atoms with Crippen molar-refractivity contribution in [1.29, 1.82) is 0 Å². The highest BCUT2D eigenvalue weighted by Gasteiger charge is 2.20. The van der Waals surface area contributed by atoms with E-state index in [1.165, 1.54) is 0 Å². The number of nitrogens with one attached hydrogen (secondary N) is 1. The summed E-state index contributed by atoms with van der Waals surface area (Å²) in [6, 6.07) is 13.5. The lowest BCUT2D eigenvalue weighted by Crippen LogP contribution is -2.47. The van der Waals surface area contributed by atoms with E-state index in [0.717, 1.165) is 59.9 Å². The Morgan fingerprint density at radius 3 is 2.37 bits per heavy atom. The predicted molar refractivity (Wildman–Crippen MR) is 116 cm³/mol. The topological polar surface area (TPSA) is 78.0 Å². The predicted octanol–water partition coefficient (Wildman–Crippen LogP) is 3.07. The summed E-state index contributed by atoms with van der Waals surface area (Å²) in [6.45, 7) is 3.36. The molecule has 3 aromatic heterocycles. The Balaban J connectivity index is 1.43. The highest BCUT2D eigenvalue weighted by molar-refractivity contribution is 5.95. The molecule has 5 rings (SSSR count). The van der Waals surface area contributed by atoms with Gasteiger partial charge in [-0.2, -0.15) is 0 Å². The molecule has 1 amide bonds. The first-order valence-electron chi connectivity index (χ1n) is 10.0. The van der Waals surface area contributed by atoms with Gasteiger partial charge in [-0.15, -0.1) is 0 Å². The average molecular weight is 398 g/mol. The fourth-order valence-electron chi connectivity index (χ4n) is 3.77. The Hall–Kier alpha value is -3.58. The number of benzene rings is 1. The highest BCUT2D eigenvalue weighted by Crippen LogP contribution is 2.28. The number of rotatable bonds is 3. The van der Waals surface area contributed by atoms with E-state index >= 15 is 0 Å². The van der Waals surface area contributed by atoms with Gasteiger partial charge in [0.15, 0.2) is 5.65 Å². The molecule has 1 aromatic carbocycles. The van der Waals surface area contributed by atoms with Crippen LogP contribution in [0.2, 0.25) is 0 Å². The first kappa shape index (κ1) is 18.4. The summed E-state index contributed by atoms with van der Waals surface area (Å²) >= 11 is 0. The zero-order valence-corrected chi connectivity index (χ0v) is 16.7. The van der Waals surface area contributed by atoms with E-state index in [4.69, 9.17) is 4.98 Å². The molecule has 0 saturated carbocycles. The smallest absolute Gasteiger partial charge is 0.253 e. The number of H-pyrrole nitrogens is 1. The Morgan fingerprint density at radius 2 is 1.63 bits per heavy atom. The summed E-state index contributed by atoms with van der Waals surface area (Å²) in [6.07, 6.45) is 5.31. The molecule has 0 radical (unpaired) electrons. The standard InChI is InChI=1S/C23H22N6O/c1-28-12-14-29(15-13-28)23(30)18-4-2-17(3-5-18)21-26-20-19(8-11-25-22(20)27-21)16-6-9-24-10-7-16/h2-11H,12-15H2,1H3,(H,25,26,27). The molecule has 150 valence electrons. The Kier molecular flexibility index (Phi) is 4.72. The number of pyridine rings is 2. The molecule has 1 fully saturated rings. The quantitative estimate of drug-likeness (QED) is 0.574. The minimum atomic E-state index is 0.0842. The third kappa shape index (κ3) is 3.44. The van der Waals surface area contributed by atoms with Gasteiger partial charge in [-0.3, -0.25) is 9.78 Å². The molecule has 0 spiro atoms. The first-order valence-corrected chi connectivity index (χ1v) is 10.0. The fraction of sp³-hybridized carbons (Fsp3) is 0.217. The number of likely N-dealkylation sites (N-methyl/N-ethyl adjacent to an activating group) is 1. The van der Waals surface area contributed by atoms with Crippen LogP contribution in [0.1, 0.15) is 10.4 Å². The van der Waals surface area contributed by atoms with Crippen molar-refractivity contribution >= 4 is 17.1 Å². The average Bonchev–Trinajstić information content (AvgIpc) is 3.24. The molecule has 4 aromatic rings. The Bertz CT molecular complexity index is 1180. The molecule has 1 aliphatic heterocycles. The van der Waals surface area contributed by atoms with E-state index in [9.17, 15) is 4.79 Å². The van der Waals surface area contributed by atoms with E-state index in [0.29, 0.717) is 5.56 Å². The number of aromatic amines is 1. The van der Waals surface area contributed by atoms with E-state index in [1.54, 1.807) is 18.6 Å². The van der Waals surface area contributed by atoms with Crippen LogP contribution in [0.15, 0.2) is 61.1 Å². The number of hydrogen-bond donors (Lipinski definition) is 1. The Labute approximate surface area is 174 Å². The maximum atomic E-state index is 12.8. The van der Waals surface area contributed by atoms with Crippen molar-refractivity contribution in [2.75, 3.05) is 33.2 Å². The third-order valence-corrected chi connectivity index (χ3v) is 5.57. The molecule has 0 unspecified atom stereocenters. The van der Waals surface area contributed by atoms with Crippen LogP contribution in [0.5, 0.6) is 0 Å². The van der Waals surface area contributed by atoms with Crippen LogP contribution in [-0.4, -0.2) is 68.9 Å². The second kappa shape index (κ2) is 7.68. The van der Waals surface area contributed by atoms with Crippen LogP contribution in [0.25, 0.3) is 33.7 Å². The number of fused-ring (bicyclic) bond motifs is 1. The van der Waals surface area contributed by atoms with E-state index < -0.39 is 0 Å². The third-order valence-electron chi connectivity index (χ3n) is 5.57. The molecular weight excluding hydrogens is 376 g/mol. The SMILES string of the molecule is CN1CCN(C(=O)c2ccc(-c3nc4c(-c5ccncc5)ccnc4[nH]3)cc2)CC1. The van der Waals surface area contributed by atoms with Crippen molar-refractivity contribution in [3.63, 3.8) is 0 Å². The molecule has 0 bridgehead atoms. The molecule has 4 heterocycles. The molecular formula is C23H22N6O. The zero-order chi connectivity index (χ0) is 20.5. The normalized spacial score (nSPS) is 14.9. The Morgan fingerprint density at radius 1 is 0.900 bits per heavy atom. The highest BCUT2D eigenvalue weighted by atomic mass is 16.2. The second-order valence-electron chi connectivity index (χ2n) is 7.55. The number of aromatic nitrogens is 4. The van der Waals surface area contributed by atoms with Crippen molar-refractivity contribution in [3.05, 3.63) is 66.6 Å². The van der Waals surface area contributed by atoms with Gasteiger partial charge in [-0.05, 0) is 42.9 Å². The van der Waals surface area contributed by atoms with Crippen LogP contribution in [0, 0.1) is 0 Å². The molecule has 0 aliphatic carbocycles. The molecule has 7 heteroatoms. The maximum Gasteiger partial charge on any atom is 0.253 e. The summed E-state index contributed by atoms with van der Waals surface area (Å²) in [5, 5.41) is 0. The van der Waals surface area contributed by atoms with Crippen molar-refractivity contribution in [1.82, 2.24) is 29.7 Å². The van der Waals surface area contributed by atoms with Gasteiger partial charge in [0.05, 0.1) is 0 Å². The molecule has 0 atom stereocenters. The summed E-state index contributed by atoms with van der Waals surface area (Å²) in [7, 11) is 2.08. The van der Waals surface area contributed by atoms with Crippen molar-refractivity contribution in [2.45, 2.75) is 0 Å². The van der Waals surface area contributed by atoms with Crippen LogP contribution in [0.3, 0.4) is 0 Å². The van der Waals surface area contributed by atoms with Gasteiger partial charge in [0.2, 0.25) is 0 Å². The van der Waals surface area contributed by atoms with Gasteiger partial charge in [0.25, 0.3) is 5.91 Å². The molecule has 30 heavy (non-hydrogen) atoms. The number of nitrogens with zero attached hydrogens (tertiary/aromatic N) is 5. The minimum absolute atomic E-state index is 0.0842. The van der Waals surface area contributed by atoms with Gasteiger partial charge < -0.3 is 14.8 Å². The van der Waals surface area contributed by atoms with Crippen LogP contribution in [-0.2, 0) is 0 Å². The van der Waals surface area contributed by atoms with Gasteiger partial charge >= 0.3 is 0 Å². The second-order valence-corrected chi connectivity index (χ2v) is 7.55. The lowest BCUT2D eigenvalue weighted by atomic mass is 10.1. The van der Waals surface area contributed by atoms with Crippen LogP contribution >= 0.6 is 0 Å². The molecule has 1 aliphatic rings. The fourth-order valence-corrected chi connectivity index (χ4v) is 3.77. The van der Waals surface area contributed by atoms with E-state index in [-0.39, 0.29) is 5.91 Å². The molecule has 1 N–H and O–H groups in total. The first-order chi connectivity index (χ1) is 14.7. The summed E-state index contributed by atoms with van der Waals surface area (Å²) < 4.78 is 0. The minimum Gasteiger partial charge on any atom is -0.336 e. The lowest BCUT2D eigenvalue weighted by molar-refractivity contribution is 0.0664. The molecule has 7 nitrogen and oxygen atoms in total. The number of carbonyl (C=O) groups excluding carboxylic acids is 1. The van der Waals surface area contributed by atoms with Crippen LogP contribution in [0.4, 0.5) is 0 Å². The zero-order valence-electron chi connectivity index (χ0n) is 16.7. The van der Waals surface area contributed by atoms with Gasteiger partial charge in [0, 0.05) is 61.5 Å². The maximum absolute atomic E-state index is 12.8. The molecule has 1 saturated heterocycles. The van der Waals surface area contributed by atoms with Gasteiger partial charge in [-0.1, -0.05) is 12.1 Å². The summed E-state index contributed by atoms with van der Waals surface area (Å²) in [5.41, 5.74) is 5.22. The number of hydrogen-bond acceptors (Lipinski definition) is 5. The van der Waals surface area contributed by atoms with E-state index in [2.05, 4.69) is 26.9 Å². The van der Waals surface area contributed by atoms with Gasteiger partial charge in [-0.25, -0.2) is 9.97 Å². The monoisotopic (exact) mass is 398 g/mol. The number of amides is 1. The van der Waals surface area contributed by atoms with Crippen molar-refractivity contribution < 1.29 is 4.79 Å². The van der Waals surface area contributed by atoms with Crippen molar-refractivity contribution in [2.24, 2.45) is 0 Å². The summed E-state index contributed by atoms with van der Waals surface area (Å²) in [4.78, 5) is 33.5. The van der Waals surface area contributed by atoms with Crippen molar-refractivity contribution in [3.8, 4) is 22.5 Å². The van der Waals surface area contributed by atoms with Crippen LogP contribution < -0.4 is 0 Å². The number of imidazole rings is 1.